The van der Waals surface area contributed by atoms with E-state index in [1.54, 1.807) is 10.7 Å². The number of aryl methyl sites for hydroxylation is 2. The van der Waals surface area contributed by atoms with Gasteiger partial charge >= 0.3 is 0 Å². The first kappa shape index (κ1) is 10.8. The molecule has 0 unspecified atom stereocenters. The first-order valence-corrected chi connectivity index (χ1v) is 5.79. The molecule has 0 aliphatic carbocycles. The summed E-state index contributed by atoms with van der Waals surface area (Å²) in [5, 5.41) is 5.37. The zero-order valence-corrected chi connectivity index (χ0v) is 10.3. The molecule has 18 heavy (non-hydrogen) atoms. The lowest BCUT2D eigenvalue weighted by atomic mass is 10.0. The molecule has 0 bridgehead atoms. The monoisotopic (exact) mass is 239 g/mol. The van der Waals surface area contributed by atoms with Crippen molar-refractivity contribution in [1.82, 2.24) is 14.8 Å². The fraction of sp³-hybridized carbons (Fsp3) is 0.143. The number of hydrogen-bond acceptors (Lipinski definition) is 2. The van der Waals surface area contributed by atoms with Gasteiger partial charge in [0, 0.05) is 18.5 Å². The van der Waals surface area contributed by atoms with Crippen molar-refractivity contribution in [1.29, 1.82) is 0 Å². The summed E-state index contributed by atoms with van der Waals surface area (Å²) in [6.07, 6.45) is 0. The van der Waals surface area contributed by atoms with E-state index in [0.29, 0.717) is 0 Å². The zero-order chi connectivity index (χ0) is 12.7. The van der Waals surface area contributed by atoms with Crippen molar-refractivity contribution in [2.45, 2.75) is 6.92 Å². The Hall–Kier alpha value is -2.36. The quantitative estimate of drug-likeness (QED) is 0.708. The van der Waals surface area contributed by atoms with Crippen molar-refractivity contribution >= 4 is 11.0 Å². The summed E-state index contributed by atoms with van der Waals surface area (Å²) in [5.74, 6) is 0. The van der Waals surface area contributed by atoms with Gasteiger partial charge in [0.15, 0.2) is 0 Å². The average Bonchev–Trinajstić information content (AvgIpc) is 2.65. The maximum absolute atomic E-state index is 11.7. The van der Waals surface area contributed by atoms with E-state index in [1.165, 1.54) is 0 Å². The van der Waals surface area contributed by atoms with Crippen LogP contribution in [0.4, 0.5) is 0 Å². The Balaban J connectivity index is 2.46. The van der Waals surface area contributed by atoms with Gasteiger partial charge in [0.25, 0.3) is 0 Å². The molecule has 3 rings (SSSR count). The first-order valence-electron chi connectivity index (χ1n) is 5.79. The topological polar surface area (TPSA) is 50.7 Å². The number of pyridine rings is 1. The second kappa shape index (κ2) is 3.84. The van der Waals surface area contributed by atoms with Crippen LogP contribution in [-0.2, 0) is 7.05 Å². The summed E-state index contributed by atoms with van der Waals surface area (Å²) in [6.45, 7) is 1.95. The Morgan fingerprint density at radius 3 is 2.67 bits per heavy atom. The molecule has 0 saturated carbocycles. The minimum atomic E-state index is -0.107. The molecule has 2 heterocycles. The summed E-state index contributed by atoms with van der Waals surface area (Å²) in [4.78, 5) is 14.6. The second-order valence-electron chi connectivity index (χ2n) is 4.35. The Kier molecular flexibility index (Phi) is 2.30. The van der Waals surface area contributed by atoms with Gasteiger partial charge in [-0.25, -0.2) is 0 Å². The van der Waals surface area contributed by atoms with Crippen LogP contribution in [0.5, 0.6) is 0 Å². The van der Waals surface area contributed by atoms with Crippen LogP contribution in [0.1, 0.15) is 5.69 Å². The summed E-state index contributed by atoms with van der Waals surface area (Å²) in [6, 6.07) is 11.5. The van der Waals surface area contributed by atoms with Crippen LogP contribution >= 0.6 is 0 Å². The van der Waals surface area contributed by atoms with Gasteiger partial charge in [0.05, 0.1) is 5.69 Å². The number of nitrogens with zero attached hydrogens (tertiary/aromatic N) is 2. The van der Waals surface area contributed by atoms with Gasteiger partial charge in [-0.3, -0.25) is 9.48 Å². The van der Waals surface area contributed by atoms with Crippen LogP contribution in [-0.4, -0.2) is 14.8 Å². The largest absolute Gasteiger partial charge is 0.307 e. The molecule has 0 radical (unpaired) electrons. The number of hydrogen-bond donors (Lipinski definition) is 1. The van der Waals surface area contributed by atoms with Crippen LogP contribution in [0, 0.1) is 6.92 Å². The number of aromatic amines is 1. The molecule has 0 saturated heterocycles. The van der Waals surface area contributed by atoms with Crippen molar-refractivity contribution in [2.75, 3.05) is 0 Å². The SMILES string of the molecule is Cc1nn(C)c2[nH]c(=O)cc(-c3ccccc3)c12. The molecule has 0 fully saturated rings. The third-order valence-electron chi connectivity index (χ3n) is 3.09. The highest BCUT2D eigenvalue weighted by molar-refractivity contribution is 5.94. The average molecular weight is 239 g/mol. The number of aromatic nitrogens is 3. The highest BCUT2D eigenvalue weighted by atomic mass is 16.1. The molecule has 0 spiro atoms. The molecular formula is C14H13N3O. The van der Waals surface area contributed by atoms with E-state index in [4.69, 9.17) is 0 Å². The predicted octanol–water partition coefficient (Wildman–Crippen LogP) is 2.24. The van der Waals surface area contributed by atoms with Crippen LogP contribution in [0.25, 0.3) is 22.2 Å². The Labute approximate surface area is 104 Å². The van der Waals surface area contributed by atoms with Gasteiger partial charge in [-0.1, -0.05) is 30.3 Å². The molecule has 4 nitrogen and oxygen atoms in total. The number of benzene rings is 1. The molecule has 0 amide bonds. The highest BCUT2D eigenvalue weighted by Gasteiger charge is 2.12. The van der Waals surface area contributed by atoms with Crippen LogP contribution < -0.4 is 5.56 Å². The van der Waals surface area contributed by atoms with Crippen molar-refractivity contribution < 1.29 is 0 Å². The maximum Gasteiger partial charge on any atom is 0.250 e. The van der Waals surface area contributed by atoms with Gasteiger partial charge in [-0.15, -0.1) is 0 Å². The molecule has 3 aromatic rings. The van der Waals surface area contributed by atoms with Crippen LogP contribution in [0.2, 0.25) is 0 Å². The van der Waals surface area contributed by atoms with E-state index in [1.807, 2.05) is 44.3 Å². The summed E-state index contributed by atoms with van der Waals surface area (Å²) in [5.41, 5.74) is 3.54. The van der Waals surface area contributed by atoms with E-state index >= 15 is 0 Å². The van der Waals surface area contributed by atoms with E-state index in [9.17, 15) is 4.79 Å². The molecule has 90 valence electrons. The van der Waals surface area contributed by atoms with Crippen LogP contribution in [0.3, 0.4) is 0 Å². The van der Waals surface area contributed by atoms with E-state index in [-0.39, 0.29) is 5.56 Å². The molecule has 0 aliphatic heterocycles. The highest BCUT2D eigenvalue weighted by Crippen LogP contribution is 2.27. The van der Waals surface area contributed by atoms with Gasteiger partial charge in [-0.05, 0) is 18.1 Å². The lowest BCUT2D eigenvalue weighted by Crippen LogP contribution is -2.06. The number of nitrogens with one attached hydrogen (secondary N) is 1. The van der Waals surface area contributed by atoms with Gasteiger partial charge < -0.3 is 4.98 Å². The molecule has 1 aromatic carbocycles. The lowest BCUT2D eigenvalue weighted by Gasteiger charge is -2.03. The maximum atomic E-state index is 11.7. The minimum Gasteiger partial charge on any atom is -0.307 e. The standard InChI is InChI=1S/C14H13N3O/c1-9-13-11(10-6-4-3-5-7-10)8-12(18)15-14(13)17(2)16-9/h3-8H,1-2H3,(H,15,18). The Bertz CT molecular complexity index is 769. The Morgan fingerprint density at radius 1 is 1.22 bits per heavy atom. The van der Waals surface area contributed by atoms with E-state index in [0.717, 1.165) is 27.9 Å². The van der Waals surface area contributed by atoms with Crippen molar-refractivity contribution in [3.05, 3.63) is 52.4 Å². The van der Waals surface area contributed by atoms with E-state index in [2.05, 4.69) is 10.1 Å². The fourth-order valence-corrected chi connectivity index (χ4v) is 2.33. The molecule has 0 aliphatic rings. The van der Waals surface area contributed by atoms with Gasteiger partial charge in [0.2, 0.25) is 5.56 Å². The zero-order valence-electron chi connectivity index (χ0n) is 10.3. The first-order chi connectivity index (χ1) is 8.66. The van der Waals surface area contributed by atoms with Crippen molar-refractivity contribution in [3.63, 3.8) is 0 Å². The number of fused-ring (bicyclic) bond motifs is 1. The lowest BCUT2D eigenvalue weighted by molar-refractivity contribution is 0.772. The van der Waals surface area contributed by atoms with Crippen molar-refractivity contribution in [2.24, 2.45) is 7.05 Å². The number of H-pyrrole nitrogens is 1. The van der Waals surface area contributed by atoms with Gasteiger partial charge in [0.1, 0.15) is 5.65 Å². The third kappa shape index (κ3) is 1.54. The molecular weight excluding hydrogens is 226 g/mol. The molecule has 1 N–H and O–H groups in total. The minimum absolute atomic E-state index is 0.107. The molecule has 2 aromatic heterocycles. The van der Waals surface area contributed by atoms with Crippen LogP contribution in [0.15, 0.2) is 41.2 Å². The summed E-state index contributed by atoms with van der Waals surface area (Å²) >= 11 is 0. The predicted molar refractivity (Wildman–Crippen MR) is 71.5 cm³/mol. The Morgan fingerprint density at radius 2 is 1.94 bits per heavy atom. The number of rotatable bonds is 1. The third-order valence-corrected chi connectivity index (χ3v) is 3.09. The normalized spacial score (nSPS) is 11.0. The fourth-order valence-electron chi connectivity index (χ4n) is 2.33. The molecule has 4 heteroatoms. The smallest absolute Gasteiger partial charge is 0.250 e. The summed E-state index contributed by atoms with van der Waals surface area (Å²) < 4.78 is 1.71. The second-order valence-corrected chi connectivity index (χ2v) is 4.35. The van der Waals surface area contributed by atoms with Crippen molar-refractivity contribution in [3.8, 4) is 11.1 Å². The summed E-state index contributed by atoms with van der Waals surface area (Å²) in [7, 11) is 1.83. The van der Waals surface area contributed by atoms with Gasteiger partial charge in [-0.2, -0.15) is 5.10 Å². The molecule has 0 atom stereocenters. The van der Waals surface area contributed by atoms with E-state index < -0.39 is 0 Å².